The maximum Gasteiger partial charge on any atom is 0.416 e. The lowest BCUT2D eigenvalue weighted by Gasteiger charge is -2.33. The molecule has 0 saturated heterocycles. The van der Waals surface area contributed by atoms with E-state index in [9.17, 15) is 26.7 Å². The van der Waals surface area contributed by atoms with Crippen LogP contribution in [0, 0.1) is 0 Å². The van der Waals surface area contributed by atoms with E-state index in [1.165, 1.54) is 23.9 Å². The number of nitrogens with zero attached hydrogens (tertiary/aromatic N) is 2. The average molecular weight is 447 g/mol. The molecule has 7 nitrogen and oxygen atoms in total. The molecule has 3 heterocycles. The Morgan fingerprint density at radius 1 is 1.32 bits per heavy atom. The number of carbonyl (C=O) groups is 1. The molecule has 0 aliphatic carbocycles. The van der Waals surface area contributed by atoms with Gasteiger partial charge in [-0.1, -0.05) is 0 Å². The zero-order chi connectivity index (χ0) is 22.3. The van der Waals surface area contributed by atoms with Crippen LogP contribution in [0.25, 0.3) is 0 Å². The van der Waals surface area contributed by atoms with Crippen molar-refractivity contribution in [3.05, 3.63) is 41.1 Å². The van der Waals surface area contributed by atoms with Gasteiger partial charge in [-0.3, -0.25) is 4.79 Å². The highest BCUT2D eigenvalue weighted by Crippen LogP contribution is 2.39. The van der Waals surface area contributed by atoms with Crippen molar-refractivity contribution < 1.29 is 41.0 Å². The Bertz CT molecular complexity index is 978. The van der Waals surface area contributed by atoms with Crippen LogP contribution in [0.4, 0.5) is 22.0 Å². The van der Waals surface area contributed by atoms with Gasteiger partial charge in [-0.2, -0.15) is 18.3 Å². The van der Waals surface area contributed by atoms with Crippen LogP contribution in [0.1, 0.15) is 34.1 Å². The standard InChI is InChI=1S/C19H18F5N3O4/c1-29-16-10-6-9(19(22,23)24)2-3-13(10)30-8-12(16)25-18(28)11-7-15-27(26-11)5-4-14(31-15)17(20)21/h2-3,6-7,12,14,16-17H,4-5,8H2,1H3,(H,25,28)/t12-,14?,16?/m0/s1. The Labute approximate surface area is 173 Å². The number of aryl methyl sites for hydroxylation is 1. The zero-order valence-electron chi connectivity index (χ0n) is 16.2. The number of fused-ring (bicyclic) bond motifs is 2. The van der Waals surface area contributed by atoms with E-state index in [-0.39, 0.29) is 42.5 Å². The third-order valence-electron chi connectivity index (χ3n) is 5.15. The minimum atomic E-state index is -4.55. The fourth-order valence-corrected chi connectivity index (χ4v) is 3.62. The van der Waals surface area contributed by atoms with E-state index in [0.717, 1.165) is 12.1 Å². The van der Waals surface area contributed by atoms with Gasteiger partial charge in [0.05, 0.1) is 11.6 Å². The van der Waals surface area contributed by atoms with Crippen molar-refractivity contribution in [3.63, 3.8) is 0 Å². The van der Waals surface area contributed by atoms with Gasteiger partial charge < -0.3 is 19.5 Å². The number of nitrogens with one attached hydrogen (secondary N) is 1. The summed E-state index contributed by atoms with van der Waals surface area (Å²) in [6, 6.07) is 3.48. The SMILES string of the molecule is COC1c2cc(C(F)(F)F)ccc2OC[C@@H]1NC(=O)c1cc2n(n1)CCC(C(F)F)O2. The third-order valence-corrected chi connectivity index (χ3v) is 5.15. The molecular weight excluding hydrogens is 429 g/mol. The molecule has 31 heavy (non-hydrogen) atoms. The second-order valence-corrected chi connectivity index (χ2v) is 7.17. The maximum absolute atomic E-state index is 13.1. The summed E-state index contributed by atoms with van der Waals surface area (Å²) in [5.74, 6) is -0.385. The fraction of sp³-hybridized carbons (Fsp3) is 0.474. The zero-order valence-corrected chi connectivity index (χ0v) is 16.2. The smallest absolute Gasteiger partial charge is 0.416 e. The second kappa shape index (κ2) is 7.98. The summed E-state index contributed by atoms with van der Waals surface area (Å²) in [6.07, 6.45) is -9.33. The first-order valence-electron chi connectivity index (χ1n) is 9.37. The molecule has 2 unspecified atom stereocenters. The Morgan fingerprint density at radius 3 is 2.77 bits per heavy atom. The Balaban J connectivity index is 1.52. The molecule has 2 aromatic rings. The predicted octanol–water partition coefficient (Wildman–Crippen LogP) is 3.20. The first kappa shape index (κ1) is 21.3. The van der Waals surface area contributed by atoms with Gasteiger partial charge in [0.1, 0.15) is 18.5 Å². The number of hydrogen-bond acceptors (Lipinski definition) is 5. The summed E-state index contributed by atoms with van der Waals surface area (Å²) < 4.78 is 82.3. The molecule has 2 aliphatic rings. The molecule has 0 saturated carbocycles. The first-order valence-corrected chi connectivity index (χ1v) is 9.37. The number of ether oxygens (including phenoxy) is 3. The lowest BCUT2D eigenvalue weighted by atomic mass is 9.96. The van der Waals surface area contributed by atoms with Gasteiger partial charge in [0, 0.05) is 31.7 Å². The van der Waals surface area contributed by atoms with Gasteiger partial charge in [-0.05, 0) is 18.2 Å². The molecule has 0 radical (unpaired) electrons. The van der Waals surface area contributed by atoms with Crippen LogP contribution in [0.3, 0.4) is 0 Å². The molecule has 3 atom stereocenters. The van der Waals surface area contributed by atoms with Crippen molar-refractivity contribution in [1.29, 1.82) is 0 Å². The number of amides is 1. The summed E-state index contributed by atoms with van der Waals surface area (Å²) in [4.78, 5) is 12.7. The maximum atomic E-state index is 13.1. The fourth-order valence-electron chi connectivity index (χ4n) is 3.62. The van der Waals surface area contributed by atoms with Gasteiger partial charge in [-0.15, -0.1) is 0 Å². The highest BCUT2D eigenvalue weighted by molar-refractivity contribution is 5.92. The molecule has 1 amide bonds. The molecule has 168 valence electrons. The topological polar surface area (TPSA) is 74.6 Å². The number of rotatable bonds is 4. The summed E-state index contributed by atoms with van der Waals surface area (Å²) in [5.41, 5.74) is -0.785. The third kappa shape index (κ3) is 4.16. The van der Waals surface area contributed by atoms with Crippen molar-refractivity contribution in [2.75, 3.05) is 13.7 Å². The van der Waals surface area contributed by atoms with Crippen LogP contribution < -0.4 is 14.8 Å². The van der Waals surface area contributed by atoms with Gasteiger partial charge in [0.25, 0.3) is 12.3 Å². The molecule has 1 N–H and O–H groups in total. The van der Waals surface area contributed by atoms with Crippen LogP contribution in [0.15, 0.2) is 24.3 Å². The van der Waals surface area contributed by atoms with Crippen molar-refractivity contribution in [1.82, 2.24) is 15.1 Å². The van der Waals surface area contributed by atoms with Gasteiger partial charge in [-0.25, -0.2) is 13.5 Å². The van der Waals surface area contributed by atoms with Crippen LogP contribution >= 0.6 is 0 Å². The lowest BCUT2D eigenvalue weighted by Crippen LogP contribution is -2.46. The minimum absolute atomic E-state index is 0.0415. The second-order valence-electron chi connectivity index (χ2n) is 7.17. The number of methoxy groups -OCH3 is 1. The largest absolute Gasteiger partial charge is 0.491 e. The average Bonchev–Trinajstić information content (AvgIpc) is 3.16. The molecule has 4 rings (SSSR count). The Kier molecular flexibility index (Phi) is 5.50. The summed E-state index contributed by atoms with van der Waals surface area (Å²) in [6.45, 7) is 0.124. The molecule has 0 bridgehead atoms. The number of alkyl halides is 5. The van der Waals surface area contributed by atoms with E-state index < -0.39 is 42.3 Å². The summed E-state index contributed by atoms with van der Waals surface area (Å²) >= 11 is 0. The monoisotopic (exact) mass is 447 g/mol. The highest BCUT2D eigenvalue weighted by atomic mass is 19.4. The Morgan fingerprint density at radius 2 is 2.10 bits per heavy atom. The normalized spacial score (nSPS) is 22.9. The molecule has 2 aliphatic heterocycles. The van der Waals surface area contributed by atoms with Crippen LogP contribution in [-0.2, 0) is 17.5 Å². The van der Waals surface area contributed by atoms with Crippen LogP contribution in [-0.4, -0.2) is 48.0 Å². The Hall–Kier alpha value is -2.89. The van der Waals surface area contributed by atoms with Gasteiger partial charge in [0.2, 0.25) is 5.88 Å². The molecule has 1 aromatic heterocycles. The number of halogens is 5. The summed E-state index contributed by atoms with van der Waals surface area (Å²) in [7, 11) is 1.31. The van der Waals surface area contributed by atoms with Crippen LogP contribution in [0.5, 0.6) is 11.6 Å². The van der Waals surface area contributed by atoms with E-state index in [1.807, 2.05) is 0 Å². The van der Waals surface area contributed by atoms with Crippen molar-refractivity contribution in [3.8, 4) is 11.6 Å². The molecule has 12 heteroatoms. The predicted molar refractivity (Wildman–Crippen MR) is 95.2 cm³/mol. The number of aromatic nitrogens is 2. The van der Waals surface area contributed by atoms with E-state index in [4.69, 9.17) is 14.2 Å². The number of benzene rings is 1. The van der Waals surface area contributed by atoms with E-state index >= 15 is 0 Å². The van der Waals surface area contributed by atoms with E-state index in [1.54, 1.807) is 0 Å². The number of carbonyl (C=O) groups excluding carboxylic acids is 1. The van der Waals surface area contributed by atoms with Crippen molar-refractivity contribution in [2.45, 2.75) is 43.8 Å². The molecule has 0 spiro atoms. The lowest BCUT2D eigenvalue weighted by molar-refractivity contribution is -0.137. The number of hydrogen-bond donors (Lipinski definition) is 1. The van der Waals surface area contributed by atoms with E-state index in [0.29, 0.717) is 0 Å². The van der Waals surface area contributed by atoms with Gasteiger partial charge >= 0.3 is 6.18 Å². The molecular formula is C19H18F5N3O4. The quantitative estimate of drug-likeness (QED) is 0.729. The molecule has 0 fully saturated rings. The highest BCUT2D eigenvalue weighted by Gasteiger charge is 2.37. The van der Waals surface area contributed by atoms with Crippen molar-refractivity contribution >= 4 is 5.91 Å². The van der Waals surface area contributed by atoms with E-state index in [2.05, 4.69) is 10.4 Å². The first-order chi connectivity index (χ1) is 14.7. The summed E-state index contributed by atoms with van der Waals surface area (Å²) in [5, 5.41) is 6.68. The van der Waals surface area contributed by atoms with Crippen molar-refractivity contribution in [2.24, 2.45) is 0 Å². The van der Waals surface area contributed by atoms with Gasteiger partial charge in [0.15, 0.2) is 11.8 Å². The van der Waals surface area contributed by atoms with Crippen LogP contribution in [0.2, 0.25) is 0 Å². The minimum Gasteiger partial charge on any atom is -0.491 e. The molecule has 1 aromatic carbocycles.